The van der Waals surface area contributed by atoms with Crippen LogP contribution in [0.2, 0.25) is 4.34 Å². The topological polar surface area (TPSA) is 30.5 Å². The summed E-state index contributed by atoms with van der Waals surface area (Å²) in [4.78, 5) is 1.24. The van der Waals surface area contributed by atoms with E-state index < -0.39 is 0 Å². The van der Waals surface area contributed by atoms with Crippen molar-refractivity contribution < 1.29 is 9.47 Å². The Morgan fingerprint density at radius 3 is 2.53 bits per heavy atom. The molecule has 1 aromatic rings. The number of thiophene rings is 1. The Kier molecular flexibility index (Phi) is 7.08. The predicted molar refractivity (Wildman–Crippen MR) is 72.9 cm³/mol. The lowest BCUT2D eigenvalue weighted by atomic mass is 10.1. The molecule has 0 amide bonds. The number of methoxy groups -OCH3 is 2. The van der Waals surface area contributed by atoms with Gasteiger partial charge in [0.2, 0.25) is 0 Å². The molecule has 0 spiro atoms. The fourth-order valence-electron chi connectivity index (χ4n) is 1.70. The molecule has 0 aliphatic carbocycles. The van der Waals surface area contributed by atoms with Gasteiger partial charge < -0.3 is 14.8 Å². The van der Waals surface area contributed by atoms with Crippen molar-refractivity contribution in [3.05, 3.63) is 21.3 Å². The van der Waals surface area contributed by atoms with Crippen molar-refractivity contribution in [1.82, 2.24) is 5.32 Å². The molecule has 5 heteroatoms. The maximum absolute atomic E-state index is 5.93. The smallest absolute Gasteiger partial charge is 0.172 e. The summed E-state index contributed by atoms with van der Waals surface area (Å²) in [6.07, 6.45) is 1.72. The molecule has 0 aromatic carbocycles. The van der Waals surface area contributed by atoms with E-state index in [4.69, 9.17) is 21.1 Å². The molecule has 98 valence electrons. The maximum Gasteiger partial charge on any atom is 0.172 e. The molecule has 1 atom stereocenters. The summed E-state index contributed by atoms with van der Waals surface area (Å²) in [6.45, 7) is 3.09. The van der Waals surface area contributed by atoms with Crippen molar-refractivity contribution in [2.45, 2.75) is 32.1 Å². The van der Waals surface area contributed by atoms with Gasteiger partial charge in [0, 0.05) is 25.5 Å². The van der Waals surface area contributed by atoms with Crippen LogP contribution in [0.4, 0.5) is 0 Å². The standard InChI is InChI=1S/C12H20ClNO2S/c1-4-7-14-10(12(15-2)16-3)8-9-5-6-11(13)17-9/h5-6,10,12,14H,4,7-8H2,1-3H3. The fraction of sp³-hybridized carbons (Fsp3) is 0.667. The number of rotatable bonds is 8. The van der Waals surface area contributed by atoms with Gasteiger partial charge in [-0.1, -0.05) is 18.5 Å². The molecule has 17 heavy (non-hydrogen) atoms. The number of halogens is 1. The van der Waals surface area contributed by atoms with Gasteiger partial charge >= 0.3 is 0 Å². The first-order valence-electron chi connectivity index (χ1n) is 5.74. The highest BCUT2D eigenvalue weighted by Gasteiger charge is 2.21. The summed E-state index contributed by atoms with van der Waals surface area (Å²) in [5.41, 5.74) is 0. The van der Waals surface area contributed by atoms with E-state index in [0.717, 1.165) is 23.7 Å². The van der Waals surface area contributed by atoms with Crippen LogP contribution in [0.15, 0.2) is 12.1 Å². The van der Waals surface area contributed by atoms with Crippen molar-refractivity contribution >= 4 is 22.9 Å². The highest BCUT2D eigenvalue weighted by atomic mass is 35.5. The molecule has 0 fully saturated rings. The molecule has 0 radical (unpaired) electrons. The quantitative estimate of drug-likeness (QED) is 0.741. The van der Waals surface area contributed by atoms with Crippen molar-refractivity contribution in [2.75, 3.05) is 20.8 Å². The monoisotopic (exact) mass is 277 g/mol. The largest absolute Gasteiger partial charge is 0.354 e. The molecular weight excluding hydrogens is 258 g/mol. The minimum atomic E-state index is -0.234. The van der Waals surface area contributed by atoms with Gasteiger partial charge in [0.1, 0.15) is 0 Å². The highest BCUT2D eigenvalue weighted by Crippen LogP contribution is 2.23. The molecule has 0 saturated carbocycles. The van der Waals surface area contributed by atoms with Crippen molar-refractivity contribution in [3.8, 4) is 0 Å². The second kappa shape index (κ2) is 8.06. The van der Waals surface area contributed by atoms with Crippen LogP contribution in [-0.2, 0) is 15.9 Å². The van der Waals surface area contributed by atoms with E-state index in [0.29, 0.717) is 0 Å². The van der Waals surface area contributed by atoms with Gasteiger partial charge in [-0.15, -0.1) is 11.3 Å². The first-order valence-corrected chi connectivity index (χ1v) is 6.93. The van der Waals surface area contributed by atoms with Crippen LogP contribution in [0.1, 0.15) is 18.2 Å². The summed E-state index contributed by atoms with van der Waals surface area (Å²) in [5, 5.41) is 3.44. The molecule has 0 bridgehead atoms. The first-order chi connectivity index (χ1) is 8.21. The van der Waals surface area contributed by atoms with Crippen LogP contribution in [0.5, 0.6) is 0 Å². The van der Waals surface area contributed by atoms with Gasteiger partial charge in [-0.2, -0.15) is 0 Å². The van der Waals surface area contributed by atoms with Gasteiger partial charge in [-0.05, 0) is 25.1 Å². The number of hydrogen-bond acceptors (Lipinski definition) is 4. The zero-order chi connectivity index (χ0) is 12.7. The van der Waals surface area contributed by atoms with Gasteiger partial charge in [0.05, 0.1) is 10.4 Å². The predicted octanol–water partition coefficient (Wildman–Crippen LogP) is 2.93. The van der Waals surface area contributed by atoms with E-state index >= 15 is 0 Å². The minimum absolute atomic E-state index is 0.152. The van der Waals surface area contributed by atoms with E-state index in [2.05, 4.69) is 18.3 Å². The van der Waals surface area contributed by atoms with E-state index in [1.165, 1.54) is 4.88 Å². The fourth-order valence-corrected chi connectivity index (χ4v) is 2.84. The normalized spacial score (nSPS) is 13.2. The number of hydrogen-bond donors (Lipinski definition) is 1. The first kappa shape index (κ1) is 14.9. The Balaban J connectivity index is 2.61. The Morgan fingerprint density at radius 1 is 1.35 bits per heavy atom. The minimum Gasteiger partial charge on any atom is -0.354 e. The van der Waals surface area contributed by atoms with Crippen molar-refractivity contribution in [2.24, 2.45) is 0 Å². The Hall–Kier alpha value is -0.130. The Labute approximate surface area is 112 Å². The lowest BCUT2D eigenvalue weighted by Crippen LogP contribution is -2.43. The summed E-state index contributed by atoms with van der Waals surface area (Å²) in [6, 6.07) is 4.13. The van der Waals surface area contributed by atoms with E-state index in [1.807, 2.05) is 6.07 Å². The van der Waals surface area contributed by atoms with E-state index in [1.54, 1.807) is 25.6 Å². The second-order valence-corrected chi connectivity index (χ2v) is 5.61. The number of nitrogens with one attached hydrogen (secondary N) is 1. The Morgan fingerprint density at radius 2 is 2.06 bits per heavy atom. The summed E-state index contributed by atoms with van der Waals surface area (Å²) >= 11 is 7.53. The third-order valence-corrected chi connectivity index (χ3v) is 3.75. The zero-order valence-corrected chi connectivity index (χ0v) is 12.1. The van der Waals surface area contributed by atoms with Crippen LogP contribution in [-0.4, -0.2) is 33.1 Å². The van der Waals surface area contributed by atoms with Crippen LogP contribution in [0.25, 0.3) is 0 Å². The van der Waals surface area contributed by atoms with E-state index in [9.17, 15) is 0 Å². The summed E-state index contributed by atoms with van der Waals surface area (Å²) in [7, 11) is 3.33. The molecular formula is C12H20ClNO2S. The second-order valence-electron chi connectivity index (χ2n) is 3.81. The van der Waals surface area contributed by atoms with Crippen molar-refractivity contribution in [1.29, 1.82) is 0 Å². The molecule has 1 rings (SSSR count). The van der Waals surface area contributed by atoms with Gasteiger partial charge in [0.25, 0.3) is 0 Å². The van der Waals surface area contributed by atoms with Crippen LogP contribution >= 0.6 is 22.9 Å². The van der Waals surface area contributed by atoms with Crippen LogP contribution < -0.4 is 5.32 Å². The highest BCUT2D eigenvalue weighted by molar-refractivity contribution is 7.16. The SMILES string of the molecule is CCCNC(Cc1ccc(Cl)s1)C(OC)OC. The lowest BCUT2D eigenvalue weighted by Gasteiger charge is -2.25. The third-order valence-electron chi connectivity index (χ3n) is 2.50. The summed E-state index contributed by atoms with van der Waals surface area (Å²) < 4.78 is 11.5. The average Bonchev–Trinajstić information content (AvgIpc) is 2.73. The molecule has 0 saturated heterocycles. The summed E-state index contributed by atoms with van der Waals surface area (Å²) in [5.74, 6) is 0. The molecule has 1 aromatic heterocycles. The third kappa shape index (κ3) is 4.94. The molecule has 1 unspecified atom stereocenters. The van der Waals surface area contributed by atoms with Gasteiger partial charge in [-0.3, -0.25) is 0 Å². The van der Waals surface area contributed by atoms with Crippen LogP contribution in [0, 0.1) is 0 Å². The molecule has 0 aliphatic rings. The van der Waals surface area contributed by atoms with Gasteiger partial charge in [-0.25, -0.2) is 0 Å². The molecule has 0 aliphatic heterocycles. The average molecular weight is 278 g/mol. The zero-order valence-electron chi connectivity index (χ0n) is 10.5. The van der Waals surface area contributed by atoms with Crippen LogP contribution in [0.3, 0.4) is 0 Å². The van der Waals surface area contributed by atoms with E-state index in [-0.39, 0.29) is 12.3 Å². The van der Waals surface area contributed by atoms with Crippen molar-refractivity contribution in [3.63, 3.8) is 0 Å². The molecule has 3 nitrogen and oxygen atoms in total. The molecule has 1 heterocycles. The number of ether oxygens (including phenoxy) is 2. The Bertz CT molecular complexity index is 315. The van der Waals surface area contributed by atoms with Gasteiger partial charge in [0.15, 0.2) is 6.29 Å². The maximum atomic E-state index is 5.93. The lowest BCUT2D eigenvalue weighted by molar-refractivity contribution is -0.122. The molecule has 1 N–H and O–H groups in total.